The van der Waals surface area contributed by atoms with Crippen molar-refractivity contribution in [2.24, 2.45) is 5.92 Å². The van der Waals surface area contributed by atoms with Gasteiger partial charge in [-0.25, -0.2) is 4.79 Å². The van der Waals surface area contributed by atoms with Crippen LogP contribution in [0.25, 0.3) is 0 Å². The van der Waals surface area contributed by atoms with E-state index < -0.39 is 6.04 Å². The second kappa shape index (κ2) is 8.03. The van der Waals surface area contributed by atoms with E-state index in [-0.39, 0.29) is 17.8 Å². The summed E-state index contributed by atoms with van der Waals surface area (Å²) < 4.78 is 5.27. The number of hydrogen-bond donors (Lipinski definition) is 0. The Hall–Kier alpha value is -1.55. The Morgan fingerprint density at radius 1 is 1.24 bits per heavy atom. The van der Waals surface area contributed by atoms with Crippen LogP contribution in [-0.2, 0) is 14.3 Å². The van der Waals surface area contributed by atoms with Crippen LogP contribution in [0.15, 0.2) is 24.3 Å². The van der Waals surface area contributed by atoms with E-state index in [4.69, 9.17) is 16.3 Å². The predicted molar refractivity (Wildman–Crippen MR) is 84.5 cm³/mol. The van der Waals surface area contributed by atoms with Crippen LogP contribution in [0, 0.1) is 5.92 Å². The van der Waals surface area contributed by atoms with Crippen molar-refractivity contribution in [1.29, 1.82) is 0 Å². The number of esters is 1. The maximum Gasteiger partial charge on any atom is 0.329 e. The topological polar surface area (TPSA) is 46.6 Å². The average Bonchev–Trinajstić information content (AvgIpc) is 2.43. The number of benzene rings is 1. The van der Waals surface area contributed by atoms with Crippen molar-refractivity contribution < 1.29 is 14.3 Å². The lowest BCUT2D eigenvalue weighted by Crippen LogP contribution is -2.45. The Morgan fingerprint density at radius 2 is 1.81 bits per heavy atom. The summed E-state index contributed by atoms with van der Waals surface area (Å²) >= 11 is 5.86. The lowest BCUT2D eigenvalue weighted by atomic mass is 10.1. The summed E-state index contributed by atoms with van der Waals surface area (Å²) in [6.07, 6.45) is 0.485. The van der Waals surface area contributed by atoms with E-state index in [0.717, 1.165) is 0 Å². The van der Waals surface area contributed by atoms with Gasteiger partial charge in [-0.05, 0) is 36.6 Å². The van der Waals surface area contributed by atoms with Gasteiger partial charge in [0, 0.05) is 17.6 Å². The molecule has 0 radical (unpaired) electrons. The Morgan fingerprint density at radius 3 is 2.24 bits per heavy atom. The summed E-state index contributed by atoms with van der Waals surface area (Å²) in [5.41, 5.74) is 0.639. The molecule has 4 nitrogen and oxygen atoms in total. The molecule has 1 aromatic carbocycles. The van der Waals surface area contributed by atoms with Gasteiger partial charge in [-0.2, -0.15) is 0 Å². The quantitative estimate of drug-likeness (QED) is 0.753. The van der Waals surface area contributed by atoms with Gasteiger partial charge in [-0.3, -0.25) is 9.69 Å². The van der Waals surface area contributed by atoms with Crippen LogP contribution < -0.4 is 4.90 Å². The molecule has 0 bridgehead atoms. The molecular weight excluding hydrogens is 290 g/mol. The highest BCUT2D eigenvalue weighted by Gasteiger charge is 2.29. The minimum absolute atomic E-state index is 0.203. The SMILES string of the molecule is CCC(C(=O)OCC(C)C)N(C(C)=O)c1ccc(Cl)cc1. The molecule has 0 aliphatic carbocycles. The summed E-state index contributed by atoms with van der Waals surface area (Å²) in [5.74, 6) is -0.324. The Labute approximate surface area is 131 Å². The fourth-order valence-corrected chi connectivity index (χ4v) is 2.11. The number of carbonyl (C=O) groups is 2. The third-order valence-corrected chi connectivity index (χ3v) is 3.23. The molecule has 0 N–H and O–H groups in total. The number of anilines is 1. The van der Waals surface area contributed by atoms with Gasteiger partial charge in [-0.15, -0.1) is 0 Å². The number of ether oxygens (including phenoxy) is 1. The molecule has 1 unspecified atom stereocenters. The van der Waals surface area contributed by atoms with E-state index in [0.29, 0.717) is 23.7 Å². The highest BCUT2D eigenvalue weighted by atomic mass is 35.5. The van der Waals surface area contributed by atoms with Crippen molar-refractivity contribution in [1.82, 2.24) is 0 Å². The van der Waals surface area contributed by atoms with Gasteiger partial charge in [-0.1, -0.05) is 32.4 Å². The second-order valence-electron chi connectivity index (χ2n) is 5.31. The highest BCUT2D eigenvalue weighted by molar-refractivity contribution is 6.30. The van der Waals surface area contributed by atoms with Crippen LogP contribution in [-0.4, -0.2) is 24.5 Å². The van der Waals surface area contributed by atoms with Gasteiger partial charge in [0.05, 0.1) is 6.61 Å². The van der Waals surface area contributed by atoms with Gasteiger partial charge < -0.3 is 4.74 Å². The van der Waals surface area contributed by atoms with E-state index >= 15 is 0 Å². The minimum atomic E-state index is -0.623. The Bertz CT molecular complexity index is 485. The van der Waals surface area contributed by atoms with E-state index in [2.05, 4.69) is 0 Å². The maximum atomic E-state index is 12.2. The molecule has 0 saturated heterocycles. The van der Waals surface area contributed by atoms with E-state index in [1.54, 1.807) is 24.3 Å². The fraction of sp³-hybridized carbons (Fsp3) is 0.500. The highest BCUT2D eigenvalue weighted by Crippen LogP contribution is 2.22. The number of rotatable bonds is 6. The number of carbonyl (C=O) groups excluding carboxylic acids is 2. The number of amides is 1. The Kier molecular flexibility index (Phi) is 6.69. The lowest BCUT2D eigenvalue weighted by Gasteiger charge is -2.29. The van der Waals surface area contributed by atoms with E-state index in [1.165, 1.54) is 11.8 Å². The summed E-state index contributed by atoms with van der Waals surface area (Å²) in [6.45, 7) is 7.58. The zero-order chi connectivity index (χ0) is 16.0. The van der Waals surface area contributed by atoms with Gasteiger partial charge in [0.2, 0.25) is 5.91 Å². The zero-order valence-electron chi connectivity index (χ0n) is 12.9. The largest absolute Gasteiger partial charge is 0.464 e. The summed E-state index contributed by atoms with van der Waals surface area (Å²) in [6, 6.07) is 6.21. The standard InChI is InChI=1S/C16H22ClNO3/c1-5-15(16(20)21-10-11(2)3)18(12(4)19)14-8-6-13(17)7-9-14/h6-9,11,15H,5,10H2,1-4H3. The summed E-state index contributed by atoms with van der Waals surface area (Å²) in [4.78, 5) is 25.6. The van der Waals surface area contributed by atoms with Crippen molar-refractivity contribution in [3.63, 3.8) is 0 Å². The molecule has 0 aliphatic rings. The summed E-state index contributed by atoms with van der Waals surface area (Å²) in [7, 11) is 0. The smallest absolute Gasteiger partial charge is 0.329 e. The lowest BCUT2D eigenvalue weighted by molar-refractivity contribution is -0.147. The molecule has 5 heteroatoms. The average molecular weight is 312 g/mol. The zero-order valence-corrected chi connectivity index (χ0v) is 13.7. The van der Waals surface area contributed by atoms with Crippen molar-refractivity contribution in [2.75, 3.05) is 11.5 Å². The van der Waals surface area contributed by atoms with Gasteiger partial charge in [0.15, 0.2) is 0 Å². The first-order chi connectivity index (χ1) is 9.86. The van der Waals surface area contributed by atoms with Crippen LogP contribution in [0.5, 0.6) is 0 Å². The Balaban J connectivity index is 2.98. The van der Waals surface area contributed by atoms with Gasteiger partial charge >= 0.3 is 5.97 Å². The first-order valence-corrected chi connectivity index (χ1v) is 7.46. The molecule has 21 heavy (non-hydrogen) atoms. The van der Waals surface area contributed by atoms with Crippen molar-refractivity contribution in [3.8, 4) is 0 Å². The van der Waals surface area contributed by atoms with Crippen molar-refractivity contribution in [2.45, 2.75) is 40.2 Å². The molecular formula is C16H22ClNO3. The summed E-state index contributed by atoms with van der Waals surface area (Å²) in [5, 5.41) is 0.581. The second-order valence-corrected chi connectivity index (χ2v) is 5.75. The van der Waals surface area contributed by atoms with E-state index in [1.807, 2.05) is 20.8 Å². The molecule has 0 aliphatic heterocycles. The molecule has 116 valence electrons. The molecule has 0 saturated carbocycles. The molecule has 1 atom stereocenters. The van der Waals surface area contributed by atoms with Crippen LogP contribution in [0.3, 0.4) is 0 Å². The van der Waals surface area contributed by atoms with Gasteiger partial charge in [0.1, 0.15) is 6.04 Å². The van der Waals surface area contributed by atoms with Crippen LogP contribution in [0.1, 0.15) is 34.1 Å². The normalized spacial score (nSPS) is 12.1. The first kappa shape index (κ1) is 17.5. The number of hydrogen-bond acceptors (Lipinski definition) is 3. The van der Waals surface area contributed by atoms with Crippen LogP contribution in [0.4, 0.5) is 5.69 Å². The molecule has 1 aromatic rings. The molecule has 0 heterocycles. The van der Waals surface area contributed by atoms with Crippen molar-refractivity contribution in [3.05, 3.63) is 29.3 Å². The molecule has 1 rings (SSSR count). The van der Waals surface area contributed by atoms with Crippen LogP contribution in [0.2, 0.25) is 5.02 Å². The molecule has 0 spiro atoms. The van der Waals surface area contributed by atoms with E-state index in [9.17, 15) is 9.59 Å². The third-order valence-electron chi connectivity index (χ3n) is 2.97. The van der Waals surface area contributed by atoms with Crippen molar-refractivity contribution >= 4 is 29.2 Å². The minimum Gasteiger partial charge on any atom is -0.464 e. The first-order valence-electron chi connectivity index (χ1n) is 7.08. The number of nitrogens with zero attached hydrogens (tertiary/aromatic N) is 1. The third kappa shape index (κ3) is 5.05. The predicted octanol–water partition coefficient (Wildman–Crippen LogP) is 3.67. The molecule has 0 aromatic heterocycles. The molecule has 1 amide bonds. The number of halogens is 1. The van der Waals surface area contributed by atoms with Gasteiger partial charge in [0.25, 0.3) is 0 Å². The maximum absolute atomic E-state index is 12.2. The molecule has 0 fully saturated rings. The van der Waals surface area contributed by atoms with Crippen LogP contribution >= 0.6 is 11.6 Å². The monoisotopic (exact) mass is 311 g/mol. The fourth-order valence-electron chi connectivity index (χ4n) is 1.98.